The number of hydrogen-bond acceptors (Lipinski definition) is 2. The van der Waals surface area contributed by atoms with Crippen LogP contribution in [0.5, 0.6) is 0 Å². The van der Waals surface area contributed by atoms with Crippen molar-refractivity contribution in [3.8, 4) is 0 Å². The Kier molecular flexibility index (Phi) is 7.33. The number of hydrogen-bond donors (Lipinski definition) is 3. The van der Waals surface area contributed by atoms with Gasteiger partial charge in [-0.2, -0.15) is 0 Å². The van der Waals surface area contributed by atoms with Crippen molar-refractivity contribution in [1.82, 2.24) is 5.32 Å². The molecule has 0 radical (unpaired) electrons. The van der Waals surface area contributed by atoms with Gasteiger partial charge in [-0.05, 0) is 37.0 Å². The normalized spacial score (nSPS) is 12.0. The van der Waals surface area contributed by atoms with E-state index >= 15 is 0 Å². The van der Waals surface area contributed by atoms with Crippen LogP contribution in [0.15, 0.2) is 18.2 Å². The highest BCUT2D eigenvalue weighted by atomic mass is 35.5. The minimum absolute atomic E-state index is 0.101. The van der Waals surface area contributed by atoms with Gasteiger partial charge in [-0.1, -0.05) is 24.9 Å². The van der Waals surface area contributed by atoms with Crippen molar-refractivity contribution in [3.05, 3.63) is 29.0 Å². The van der Waals surface area contributed by atoms with E-state index in [4.69, 9.17) is 16.7 Å². The van der Waals surface area contributed by atoms with Gasteiger partial charge in [-0.15, -0.1) is 0 Å². The van der Waals surface area contributed by atoms with Gasteiger partial charge >= 0.3 is 6.03 Å². The molecule has 0 saturated heterocycles. The maximum Gasteiger partial charge on any atom is 0.319 e. The zero-order chi connectivity index (χ0) is 15.0. The Labute approximate surface area is 123 Å². The zero-order valence-electron chi connectivity index (χ0n) is 11.5. The molecule has 3 N–H and O–H groups in total. The molecule has 1 aromatic carbocycles. The van der Waals surface area contributed by atoms with Crippen molar-refractivity contribution in [2.75, 3.05) is 18.5 Å². The largest absolute Gasteiger partial charge is 0.396 e. The van der Waals surface area contributed by atoms with Crippen molar-refractivity contribution >= 4 is 23.3 Å². The van der Waals surface area contributed by atoms with Crippen molar-refractivity contribution in [2.24, 2.45) is 5.92 Å². The number of halogens is 2. The molecule has 0 fully saturated rings. The summed E-state index contributed by atoms with van der Waals surface area (Å²) in [5, 5.41) is 14.4. The standard InChI is InChI=1S/C14H20ClFN2O2/c1-2-3-10(6-7-19)9-17-14(20)18-13-8-11(16)4-5-12(13)15/h4-5,8,10,19H,2-3,6-7,9H2,1H3,(H2,17,18,20). The molecule has 20 heavy (non-hydrogen) atoms. The zero-order valence-corrected chi connectivity index (χ0v) is 12.2. The van der Waals surface area contributed by atoms with E-state index in [2.05, 4.69) is 17.6 Å². The van der Waals surface area contributed by atoms with Crippen molar-refractivity contribution in [3.63, 3.8) is 0 Å². The minimum atomic E-state index is -0.464. The lowest BCUT2D eigenvalue weighted by Crippen LogP contribution is -2.33. The van der Waals surface area contributed by atoms with Gasteiger partial charge in [0.15, 0.2) is 0 Å². The maximum atomic E-state index is 13.1. The summed E-state index contributed by atoms with van der Waals surface area (Å²) >= 11 is 5.86. The smallest absolute Gasteiger partial charge is 0.319 e. The Morgan fingerprint density at radius 3 is 2.85 bits per heavy atom. The molecular formula is C14H20ClFN2O2. The van der Waals surface area contributed by atoms with Crippen molar-refractivity contribution in [1.29, 1.82) is 0 Å². The third-order valence-corrected chi connectivity index (χ3v) is 3.29. The second-order valence-electron chi connectivity index (χ2n) is 4.63. The van der Waals surface area contributed by atoms with Gasteiger partial charge in [0.25, 0.3) is 0 Å². The summed E-state index contributed by atoms with van der Waals surface area (Å²) in [5.41, 5.74) is 0.235. The summed E-state index contributed by atoms with van der Waals surface area (Å²) < 4.78 is 13.1. The van der Waals surface area contributed by atoms with Gasteiger partial charge in [0.2, 0.25) is 0 Å². The number of nitrogens with one attached hydrogen (secondary N) is 2. The SMILES string of the molecule is CCCC(CCO)CNC(=O)Nc1cc(F)ccc1Cl. The number of amides is 2. The highest BCUT2D eigenvalue weighted by Gasteiger charge is 2.11. The van der Waals surface area contributed by atoms with Crippen molar-refractivity contribution < 1.29 is 14.3 Å². The molecule has 1 aromatic rings. The molecule has 0 heterocycles. The summed E-state index contributed by atoms with van der Waals surface area (Å²) in [6, 6.07) is 3.35. The minimum Gasteiger partial charge on any atom is -0.396 e. The first-order valence-corrected chi connectivity index (χ1v) is 7.05. The molecule has 1 unspecified atom stereocenters. The lowest BCUT2D eigenvalue weighted by Gasteiger charge is -2.16. The molecule has 0 aliphatic rings. The molecule has 0 saturated carbocycles. The van der Waals surface area contributed by atoms with Gasteiger partial charge < -0.3 is 15.7 Å². The van der Waals surface area contributed by atoms with Crippen LogP contribution in [0.2, 0.25) is 5.02 Å². The van der Waals surface area contributed by atoms with Gasteiger partial charge in [-0.25, -0.2) is 9.18 Å². The van der Waals surface area contributed by atoms with Crippen molar-refractivity contribution in [2.45, 2.75) is 26.2 Å². The second-order valence-corrected chi connectivity index (χ2v) is 5.03. The number of urea groups is 1. The molecule has 4 nitrogen and oxygen atoms in total. The third-order valence-electron chi connectivity index (χ3n) is 2.96. The second kappa shape index (κ2) is 8.76. The van der Waals surface area contributed by atoms with Crippen LogP contribution in [0.4, 0.5) is 14.9 Å². The average Bonchev–Trinajstić information content (AvgIpc) is 2.41. The Bertz CT molecular complexity index is 437. The molecule has 1 atom stereocenters. The Balaban J connectivity index is 2.48. The predicted octanol–water partition coefficient (Wildman–Crippen LogP) is 3.40. The number of aliphatic hydroxyl groups excluding tert-OH is 1. The number of aliphatic hydroxyl groups is 1. The monoisotopic (exact) mass is 302 g/mol. The summed E-state index contributed by atoms with van der Waals surface area (Å²) in [6.45, 7) is 2.62. The third kappa shape index (κ3) is 5.75. The van der Waals surface area contributed by atoms with Crippen LogP contribution in [-0.2, 0) is 0 Å². The first kappa shape index (κ1) is 16.7. The summed E-state index contributed by atoms with van der Waals surface area (Å²) in [5.74, 6) is -0.229. The fourth-order valence-electron chi connectivity index (χ4n) is 1.94. The Morgan fingerprint density at radius 2 is 2.20 bits per heavy atom. The molecule has 1 rings (SSSR count). The number of carbonyl (C=O) groups is 1. The molecule has 0 aliphatic carbocycles. The molecule has 0 aliphatic heterocycles. The van der Waals surface area contributed by atoms with Gasteiger partial charge in [0, 0.05) is 13.2 Å². The fraction of sp³-hybridized carbons (Fsp3) is 0.500. The predicted molar refractivity (Wildman–Crippen MR) is 78.5 cm³/mol. The molecule has 112 valence electrons. The maximum absolute atomic E-state index is 13.1. The Morgan fingerprint density at radius 1 is 1.45 bits per heavy atom. The van der Waals surface area contributed by atoms with E-state index in [0.29, 0.717) is 13.0 Å². The summed E-state index contributed by atoms with van der Waals surface area (Å²) in [6.07, 6.45) is 2.57. The number of benzene rings is 1. The molecule has 2 amide bonds. The van der Waals surface area contributed by atoms with Gasteiger partial charge in [0.05, 0.1) is 10.7 Å². The fourth-order valence-corrected chi connectivity index (χ4v) is 2.10. The number of carbonyl (C=O) groups excluding carboxylic acids is 1. The average molecular weight is 303 g/mol. The lowest BCUT2D eigenvalue weighted by atomic mass is 10.0. The molecule has 0 spiro atoms. The van der Waals surface area contributed by atoms with E-state index in [-0.39, 0.29) is 23.2 Å². The lowest BCUT2D eigenvalue weighted by molar-refractivity contribution is 0.236. The number of rotatable bonds is 7. The number of anilines is 1. The topological polar surface area (TPSA) is 61.4 Å². The van der Waals surface area contributed by atoms with Crippen LogP contribution in [0.25, 0.3) is 0 Å². The van der Waals surface area contributed by atoms with E-state index in [0.717, 1.165) is 12.8 Å². The molecular weight excluding hydrogens is 283 g/mol. The highest BCUT2D eigenvalue weighted by Crippen LogP contribution is 2.22. The van der Waals surface area contributed by atoms with E-state index < -0.39 is 11.8 Å². The van der Waals surface area contributed by atoms with E-state index in [1.807, 2.05) is 0 Å². The van der Waals surface area contributed by atoms with Gasteiger partial charge in [0.1, 0.15) is 5.82 Å². The van der Waals surface area contributed by atoms with E-state index in [9.17, 15) is 9.18 Å². The van der Waals surface area contributed by atoms with Gasteiger partial charge in [-0.3, -0.25) is 0 Å². The highest BCUT2D eigenvalue weighted by molar-refractivity contribution is 6.33. The van der Waals surface area contributed by atoms with Crippen LogP contribution >= 0.6 is 11.6 Å². The van der Waals surface area contributed by atoms with Crippen LogP contribution in [0.3, 0.4) is 0 Å². The quantitative estimate of drug-likeness (QED) is 0.723. The molecule has 0 bridgehead atoms. The van der Waals surface area contributed by atoms with Crippen LogP contribution in [-0.4, -0.2) is 24.3 Å². The van der Waals surface area contributed by atoms with Crippen LogP contribution in [0.1, 0.15) is 26.2 Å². The molecule has 0 aromatic heterocycles. The van der Waals surface area contributed by atoms with E-state index in [1.165, 1.54) is 18.2 Å². The first-order chi connectivity index (χ1) is 9.56. The Hall–Kier alpha value is -1.33. The first-order valence-electron chi connectivity index (χ1n) is 6.67. The van der Waals surface area contributed by atoms with E-state index in [1.54, 1.807) is 0 Å². The molecule has 6 heteroatoms. The summed E-state index contributed by atoms with van der Waals surface area (Å²) in [7, 11) is 0. The summed E-state index contributed by atoms with van der Waals surface area (Å²) in [4.78, 5) is 11.7. The van der Waals surface area contributed by atoms with Crippen LogP contribution in [0, 0.1) is 11.7 Å². The van der Waals surface area contributed by atoms with Crippen LogP contribution < -0.4 is 10.6 Å².